The summed E-state index contributed by atoms with van der Waals surface area (Å²) in [7, 11) is 0. The van der Waals surface area contributed by atoms with Gasteiger partial charge in [-0.25, -0.2) is 9.59 Å². The molecule has 5 nitrogen and oxygen atoms in total. The lowest BCUT2D eigenvalue weighted by molar-refractivity contribution is 0.288. The molecule has 0 radical (unpaired) electrons. The van der Waals surface area contributed by atoms with Crippen molar-refractivity contribution >= 4 is 10.9 Å². The fourth-order valence-electron chi connectivity index (χ4n) is 1.95. The summed E-state index contributed by atoms with van der Waals surface area (Å²) < 4.78 is 9.90. The minimum atomic E-state index is -0.728. The quantitative estimate of drug-likeness (QED) is 0.711. The van der Waals surface area contributed by atoms with Gasteiger partial charge < -0.3 is 9.15 Å². The van der Waals surface area contributed by atoms with Gasteiger partial charge in [0.25, 0.3) is 0 Å². The monoisotopic (exact) mass is 219 g/mol. The lowest BCUT2D eigenvalue weighted by Gasteiger charge is -2.17. The fraction of sp³-hybridized carbons (Fsp3) is 0.273. The molecular formula is C11H9NO4. The zero-order valence-corrected chi connectivity index (χ0v) is 8.41. The number of ether oxygens (including phenoxy) is 1. The molecule has 2 heterocycles. The number of hydrogen-bond acceptors (Lipinski definition) is 4. The first-order valence-corrected chi connectivity index (χ1v) is 5.07. The van der Waals surface area contributed by atoms with Gasteiger partial charge in [-0.1, -0.05) is 0 Å². The van der Waals surface area contributed by atoms with Gasteiger partial charge >= 0.3 is 11.4 Å². The average molecular weight is 219 g/mol. The Morgan fingerprint density at radius 2 is 2.12 bits per heavy atom. The van der Waals surface area contributed by atoms with Crippen LogP contribution in [0.1, 0.15) is 12.0 Å². The van der Waals surface area contributed by atoms with Crippen molar-refractivity contribution < 1.29 is 9.15 Å². The van der Waals surface area contributed by atoms with Gasteiger partial charge in [-0.05, 0) is 30.5 Å². The highest BCUT2D eigenvalue weighted by Gasteiger charge is 2.13. The van der Waals surface area contributed by atoms with Crippen LogP contribution in [0, 0.1) is 0 Å². The molecule has 16 heavy (non-hydrogen) atoms. The number of aromatic nitrogens is 1. The molecule has 0 saturated heterocycles. The molecule has 0 atom stereocenters. The predicted octanol–water partition coefficient (Wildman–Crippen LogP) is 0.806. The standard InChI is InChI=1S/C11H9NO4/c13-10-7-5-9-6(2-1-3-15-9)4-8(7)12-11(14)16-10/h4-5H,1-3H2,(H,12,14). The van der Waals surface area contributed by atoms with E-state index in [1.807, 2.05) is 0 Å². The molecule has 1 aliphatic heterocycles. The topological polar surface area (TPSA) is 72.3 Å². The van der Waals surface area contributed by atoms with E-state index in [0.717, 1.165) is 18.4 Å². The number of rotatable bonds is 0. The third-order valence-electron chi connectivity index (χ3n) is 2.69. The van der Waals surface area contributed by atoms with Gasteiger partial charge in [0.15, 0.2) is 0 Å². The molecule has 82 valence electrons. The Bertz CT molecular complexity index is 668. The van der Waals surface area contributed by atoms with E-state index in [9.17, 15) is 9.59 Å². The van der Waals surface area contributed by atoms with Crippen molar-refractivity contribution in [1.82, 2.24) is 4.98 Å². The van der Waals surface area contributed by atoms with Crippen LogP contribution in [0.3, 0.4) is 0 Å². The van der Waals surface area contributed by atoms with Crippen LogP contribution in [-0.2, 0) is 6.42 Å². The Hall–Kier alpha value is -2.04. The molecule has 0 spiro atoms. The second-order valence-corrected chi connectivity index (χ2v) is 3.76. The summed E-state index contributed by atoms with van der Waals surface area (Å²) >= 11 is 0. The number of fused-ring (bicyclic) bond motifs is 2. The Morgan fingerprint density at radius 3 is 3.00 bits per heavy atom. The van der Waals surface area contributed by atoms with Gasteiger partial charge in [-0.15, -0.1) is 0 Å². The number of H-pyrrole nitrogens is 1. The molecule has 0 unspecified atom stereocenters. The van der Waals surface area contributed by atoms with Crippen molar-refractivity contribution in [2.75, 3.05) is 6.61 Å². The average Bonchev–Trinajstić information content (AvgIpc) is 2.27. The highest BCUT2D eigenvalue weighted by Crippen LogP contribution is 2.27. The molecule has 0 fully saturated rings. The van der Waals surface area contributed by atoms with Crippen molar-refractivity contribution in [1.29, 1.82) is 0 Å². The van der Waals surface area contributed by atoms with Crippen molar-refractivity contribution in [2.45, 2.75) is 12.8 Å². The third kappa shape index (κ3) is 1.32. The molecule has 0 bridgehead atoms. The van der Waals surface area contributed by atoms with Crippen molar-refractivity contribution in [3.63, 3.8) is 0 Å². The second kappa shape index (κ2) is 3.23. The normalized spacial score (nSPS) is 14.5. The smallest absolute Gasteiger partial charge is 0.419 e. The van der Waals surface area contributed by atoms with Crippen LogP contribution in [0.4, 0.5) is 0 Å². The zero-order valence-electron chi connectivity index (χ0n) is 8.41. The summed E-state index contributed by atoms with van der Waals surface area (Å²) in [5, 5.41) is 0.347. The molecule has 1 aliphatic rings. The van der Waals surface area contributed by atoms with Crippen molar-refractivity contribution in [3.8, 4) is 5.75 Å². The van der Waals surface area contributed by atoms with Gasteiger partial charge in [-0.3, -0.25) is 4.98 Å². The highest BCUT2D eigenvalue weighted by atomic mass is 16.5. The number of aromatic amines is 1. The van der Waals surface area contributed by atoms with E-state index in [0.29, 0.717) is 23.3 Å². The molecule has 3 rings (SSSR count). The van der Waals surface area contributed by atoms with Crippen LogP contribution < -0.4 is 16.1 Å². The number of nitrogens with one attached hydrogen (secondary N) is 1. The molecule has 5 heteroatoms. The molecule has 1 N–H and O–H groups in total. The summed E-state index contributed by atoms with van der Waals surface area (Å²) in [6.07, 6.45) is 1.84. The first-order chi connectivity index (χ1) is 7.74. The molecule has 1 aromatic heterocycles. The summed E-state index contributed by atoms with van der Waals surface area (Å²) in [4.78, 5) is 25.0. The molecule has 1 aromatic carbocycles. The third-order valence-corrected chi connectivity index (χ3v) is 2.69. The molecule has 0 saturated carbocycles. The van der Waals surface area contributed by atoms with Gasteiger partial charge in [0.1, 0.15) is 5.75 Å². The number of aryl methyl sites for hydroxylation is 1. The van der Waals surface area contributed by atoms with Crippen LogP contribution in [-0.4, -0.2) is 11.6 Å². The minimum Gasteiger partial charge on any atom is -0.493 e. The number of benzene rings is 1. The van der Waals surface area contributed by atoms with Crippen molar-refractivity contribution in [2.24, 2.45) is 0 Å². The van der Waals surface area contributed by atoms with E-state index in [1.54, 1.807) is 12.1 Å². The Labute approximate surface area is 89.7 Å². The van der Waals surface area contributed by atoms with Gasteiger partial charge in [0.05, 0.1) is 17.5 Å². The summed E-state index contributed by atoms with van der Waals surface area (Å²) in [5.41, 5.74) is 0.890. The summed E-state index contributed by atoms with van der Waals surface area (Å²) in [6, 6.07) is 3.41. The maximum absolute atomic E-state index is 11.4. The largest absolute Gasteiger partial charge is 0.493 e. The van der Waals surface area contributed by atoms with Gasteiger partial charge in [0, 0.05) is 0 Å². The highest BCUT2D eigenvalue weighted by molar-refractivity contribution is 5.80. The lowest BCUT2D eigenvalue weighted by Crippen LogP contribution is -2.16. The Kier molecular flexibility index (Phi) is 1.86. The van der Waals surface area contributed by atoms with Crippen LogP contribution >= 0.6 is 0 Å². The van der Waals surface area contributed by atoms with Gasteiger partial charge in [-0.2, -0.15) is 0 Å². The number of hydrogen-bond donors (Lipinski definition) is 1. The lowest BCUT2D eigenvalue weighted by atomic mass is 10.0. The maximum atomic E-state index is 11.4. The molecular weight excluding hydrogens is 210 g/mol. The molecule has 0 aliphatic carbocycles. The van der Waals surface area contributed by atoms with Crippen LogP contribution in [0.2, 0.25) is 0 Å². The van der Waals surface area contributed by atoms with Crippen LogP contribution in [0.25, 0.3) is 10.9 Å². The van der Waals surface area contributed by atoms with E-state index in [2.05, 4.69) is 9.40 Å². The first kappa shape index (κ1) is 9.21. The fourth-order valence-corrected chi connectivity index (χ4v) is 1.95. The SMILES string of the molecule is O=c1[nH]c2cc3c(cc2c(=O)o1)OCCC3. The molecule has 0 amide bonds. The van der Waals surface area contributed by atoms with E-state index in [1.165, 1.54) is 0 Å². The Balaban J connectivity index is 2.40. The van der Waals surface area contributed by atoms with Gasteiger partial charge in [0.2, 0.25) is 0 Å². The zero-order chi connectivity index (χ0) is 11.1. The minimum absolute atomic E-state index is 0.347. The van der Waals surface area contributed by atoms with E-state index < -0.39 is 11.4 Å². The first-order valence-electron chi connectivity index (χ1n) is 5.07. The molecule has 2 aromatic rings. The predicted molar refractivity (Wildman–Crippen MR) is 56.9 cm³/mol. The van der Waals surface area contributed by atoms with E-state index in [4.69, 9.17) is 4.74 Å². The van der Waals surface area contributed by atoms with Crippen molar-refractivity contribution in [3.05, 3.63) is 38.7 Å². The summed E-state index contributed by atoms with van der Waals surface area (Å²) in [6.45, 7) is 0.660. The van der Waals surface area contributed by atoms with Crippen LogP contribution in [0.5, 0.6) is 5.75 Å². The maximum Gasteiger partial charge on any atom is 0.419 e. The second-order valence-electron chi connectivity index (χ2n) is 3.76. The van der Waals surface area contributed by atoms with Crippen LogP contribution in [0.15, 0.2) is 26.1 Å². The van der Waals surface area contributed by atoms with E-state index >= 15 is 0 Å². The summed E-state index contributed by atoms with van der Waals surface area (Å²) in [5.74, 6) is -0.0210. The Morgan fingerprint density at radius 1 is 1.25 bits per heavy atom. The van der Waals surface area contributed by atoms with E-state index in [-0.39, 0.29) is 0 Å².